The first kappa shape index (κ1) is 29.6. The zero-order valence-corrected chi connectivity index (χ0v) is 25.8. The van der Waals surface area contributed by atoms with Crippen molar-refractivity contribution in [3.05, 3.63) is 41.4 Å². The molecule has 1 aromatic carbocycles. The Morgan fingerprint density at radius 1 is 1.10 bits per heavy atom. The molecule has 0 radical (unpaired) electrons. The normalized spacial score (nSPS) is 37.6. The molecule has 4 fully saturated rings. The number of likely N-dealkylation sites (tertiary alicyclic amines) is 2. The summed E-state index contributed by atoms with van der Waals surface area (Å²) in [7, 11) is 0. The van der Waals surface area contributed by atoms with Crippen molar-refractivity contribution >= 4 is 35.0 Å². The second kappa shape index (κ2) is 11.9. The number of carbonyl (C=O) groups excluding carboxylic acids is 3. The monoisotopic (exact) mass is 596 g/mol. The van der Waals surface area contributed by atoms with Crippen LogP contribution in [0.5, 0.6) is 0 Å². The lowest BCUT2D eigenvalue weighted by Crippen LogP contribution is -2.58. The lowest BCUT2D eigenvalue weighted by atomic mass is 9.73. The number of ether oxygens (including phenoxy) is 1. The quantitative estimate of drug-likeness (QED) is 0.432. The molecule has 1 spiro atoms. The van der Waals surface area contributed by atoms with E-state index in [0.717, 1.165) is 38.9 Å². The Hall–Kier alpha value is -2.42. The third kappa shape index (κ3) is 5.39. The van der Waals surface area contributed by atoms with Crippen molar-refractivity contribution in [2.24, 2.45) is 29.6 Å². The Morgan fingerprint density at radius 3 is 2.71 bits per heavy atom. The van der Waals surface area contributed by atoms with Gasteiger partial charge in [0.2, 0.25) is 17.7 Å². The van der Waals surface area contributed by atoms with Crippen molar-refractivity contribution in [3.63, 3.8) is 0 Å². The molecule has 4 aliphatic heterocycles. The number of anilines is 1. The van der Waals surface area contributed by atoms with Gasteiger partial charge in [-0.25, -0.2) is 0 Å². The van der Waals surface area contributed by atoms with Crippen LogP contribution in [0.1, 0.15) is 59.3 Å². The molecule has 9 heteroatoms. The summed E-state index contributed by atoms with van der Waals surface area (Å²) in [5.74, 6) is -0.522. The second-order valence-electron chi connectivity index (χ2n) is 13.5. The molecule has 3 saturated heterocycles. The van der Waals surface area contributed by atoms with Crippen molar-refractivity contribution in [3.8, 4) is 0 Å². The number of nitrogens with one attached hydrogen (secondary N) is 2. The van der Waals surface area contributed by atoms with Gasteiger partial charge >= 0.3 is 0 Å². The molecule has 4 heterocycles. The first-order valence-electron chi connectivity index (χ1n) is 15.9. The second-order valence-corrected chi connectivity index (χ2v) is 14.0. The molecule has 5 aliphatic rings. The summed E-state index contributed by atoms with van der Waals surface area (Å²) in [6.45, 7) is 10.2. The third-order valence-electron chi connectivity index (χ3n) is 10.7. The molecule has 6 rings (SSSR count). The first-order valence-corrected chi connectivity index (χ1v) is 16.3. The number of piperidine rings is 1. The van der Waals surface area contributed by atoms with E-state index in [-0.39, 0.29) is 23.8 Å². The highest BCUT2D eigenvalue weighted by atomic mass is 35.5. The summed E-state index contributed by atoms with van der Waals surface area (Å²) in [5, 5.41) is 6.81. The van der Waals surface area contributed by atoms with E-state index in [1.165, 1.54) is 19.3 Å². The van der Waals surface area contributed by atoms with Crippen LogP contribution in [0, 0.1) is 29.6 Å². The van der Waals surface area contributed by atoms with Crippen molar-refractivity contribution in [1.29, 1.82) is 0 Å². The van der Waals surface area contributed by atoms with Crippen molar-refractivity contribution in [2.45, 2.75) is 83.1 Å². The average molecular weight is 597 g/mol. The van der Waals surface area contributed by atoms with Gasteiger partial charge in [-0.05, 0) is 74.7 Å². The van der Waals surface area contributed by atoms with Gasteiger partial charge in [-0.15, -0.1) is 0 Å². The van der Waals surface area contributed by atoms with Gasteiger partial charge in [-0.2, -0.15) is 0 Å². The third-order valence-corrected chi connectivity index (χ3v) is 10.9. The lowest BCUT2D eigenvalue weighted by molar-refractivity contribution is -0.141. The van der Waals surface area contributed by atoms with Crippen LogP contribution in [0.25, 0.3) is 0 Å². The topological polar surface area (TPSA) is 91.0 Å². The largest absolute Gasteiger partial charge is 0.359 e. The predicted molar refractivity (Wildman–Crippen MR) is 163 cm³/mol. The van der Waals surface area contributed by atoms with E-state index in [2.05, 4.69) is 36.3 Å². The highest BCUT2D eigenvalue weighted by Gasteiger charge is 2.72. The highest BCUT2D eigenvalue weighted by Crippen LogP contribution is 2.55. The number of hydrogen-bond acceptors (Lipinski definition) is 5. The van der Waals surface area contributed by atoms with E-state index in [4.69, 9.17) is 16.3 Å². The minimum absolute atomic E-state index is 0.0630. The molecule has 1 aliphatic carbocycles. The molecule has 1 saturated carbocycles. The predicted octanol–water partition coefficient (Wildman–Crippen LogP) is 4.49. The number of benzene rings is 1. The zero-order chi connectivity index (χ0) is 29.6. The fourth-order valence-electron chi connectivity index (χ4n) is 8.30. The Kier molecular flexibility index (Phi) is 8.42. The van der Waals surface area contributed by atoms with Crippen LogP contribution >= 0.6 is 11.6 Å². The Bertz CT molecular complexity index is 1240. The first-order chi connectivity index (χ1) is 20.2. The van der Waals surface area contributed by atoms with Crippen molar-refractivity contribution in [1.82, 2.24) is 15.1 Å². The summed E-state index contributed by atoms with van der Waals surface area (Å²) in [4.78, 5) is 46.4. The van der Waals surface area contributed by atoms with Gasteiger partial charge in [-0.1, -0.05) is 63.4 Å². The highest BCUT2D eigenvalue weighted by molar-refractivity contribution is 6.30. The van der Waals surface area contributed by atoms with Crippen LogP contribution in [0.4, 0.5) is 5.69 Å². The number of amides is 3. The summed E-state index contributed by atoms with van der Waals surface area (Å²) in [6.07, 6.45) is 9.62. The molecule has 7 unspecified atom stereocenters. The number of hydrogen-bond donors (Lipinski definition) is 2. The molecule has 42 heavy (non-hydrogen) atoms. The van der Waals surface area contributed by atoms with E-state index in [0.29, 0.717) is 35.0 Å². The van der Waals surface area contributed by atoms with Gasteiger partial charge in [0.25, 0.3) is 0 Å². The average Bonchev–Trinajstić information content (AvgIpc) is 3.59. The molecule has 2 N–H and O–H groups in total. The smallest absolute Gasteiger partial charge is 0.246 e. The summed E-state index contributed by atoms with van der Waals surface area (Å²) in [6, 6.07) is 6.24. The van der Waals surface area contributed by atoms with E-state index in [9.17, 15) is 14.4 Å². The summed E-state index contributed by atoms with van der Waals surface area (Å²) < 4.78 is 6.53. The maximum absolute atomic E-state index is 14.3. The van der Waals surface area contributed by atoms with E-state index in [1.807, 2.05) is 12.2 Å². The fraction of sp³-hybridized carbons (Fsp3) is 0.667. The van der Waals surface area contributed by atoms with Gasteiger partial charge in [0.05, 0.1) is 17.9 Å². The summed E-state index contributed by atoms with van der Waals surface area (Å²) >= 11 is 6.15. The minimum atomic E-state index is -1.15. The maximum atomic E-state index is 14.3. The number of halogens is 1. The molecule has 1 aromatic rings. The Balaban J connectivity index is 1.24. The maximum Gasteiger partial charge on any atom is 0.246 e. The van der Waals surface area contributed by atoms with Crippen LogP contribution < -0.4 is 10.6 Å². The standard InChI is InChI=1S/C33H45ClN4O4/c1-20-8-6-15-37(19-20)16-7-17-38-29(31(40)36-25-12-4-9-21(2)22(25)3)33-14-13-26(42-33)27(28(33)32(38)41)30(39)35-24-11-5-10-23(34)18-24/h5,10-11,13-14,18,20-22,25-29H,4,6-9,12,15-17,19H2,1-3H3,(H,35,39)(H,36,40)/t20?,21?,22?,25?,26-,27?,28-,29?,33?/m0/s1. The number of fused-ring (bicyclic) bond motifs is 1. The van der Waals surface area contributed by atoms with Crippen molar-refractivity contribution < 1.29 is 19.1 Å². The Morgan fingerprint density at radius 2 is 1.93 bits per heavy atom. The van der Waals surface area contributed by atoms with Crippen molar-refractivity contribution in [2.75, 3.05) is 31.5 Å². The molecule has 8 nitrogen and oxygen atoms in total. The SMILES string of the molecule is CC1CCCN(CCCN2C(=O)[C@@H]3C(C(=O)Nc4cccc(Cl)c4)[C@@H]4C=CC3(O4)C2C(=O)NC2CCCC(C)C2C)C1. The van der Waals surface area contributed by atoms with E-state index < -0.39 is 29.6 Å². The van der Waals surface area contributed by atoms with Gasteiger partial charge in [-0.3, -0.25) is 14.4 Å². The van der Waals surface area contributed by atoms with Crippen LogP contribution in [0.3, 0.4) is 0 Å². The molecule has 9 atom stereocenters. The fourth-order valence-corrected chi connectivity index (χ4v) is 8.49. The molecule has 0 aromatic heterocycles. The van der Waals surface area contributed by atoms with Gasteiger partial charge in [0.1, 0.15) is 11.6 Å². The van der Waals surface area contributed by atoms with Crippen LogP contribution in [0.15, 0.2) is 36.4 Å². The summed E-state index contributed by atoms with van der Waals surface area (Å²) in [5.41, 5.74) is -0.577. The Labute approximate surface area is 254 Å². The van der Waals surface area contributed by atoms with Crippen LogP contribution in [-0.4, -0.2) is 77.5 Å². The lowest BCUT2D eigenvalue weighted by Gasteiger charge is -2.38. The zero-order valence-electron chi connectivity index (χ0n) is 25.1. The molecular formula is C33H45ClN4O4. The van der Waals surface area contributed by atoms with Gasteiger partial charge in [0.15, 0.2) is 0 Å². The van der Waals surface area contributed by atoms with Crippen LogP contribution in [0.2, 0.25) is 5.02 Å². The number of carbonyl (C=O) groups is 3. The minimum Gasteiger partial charge on any atom is -0.359 e. The molecule has 3 amide bonds. The number of nitrogens with zero attached hydrogens (tertiary/aromatic N) is 2. The van der Waals surface area contributed by atoms with E-state index in [1.54, 1.807) is 29.2 Å². The molecule has 228 valence electrons. The van der Waals surface area contributed by atoms with Crippen LogP contribution in [-0.2, 0) is 19.1 Å². The molecular weight excluding hydrogens is 552 g/mol. The number of rotatable bonds is 8. The van der Waals surface area contributed by atoms with Gasteiger partial charge in [0, 0.05) is 29.8 Å². The van der Waals surface area contributed by atoms with E-state index >= 15 is 0 Å². The van der Waals surface area contributed by atoms with Gasteiger partial charge < -0.3 is 25.2 Å². The molecule has 2 bridgehead atoms.